The Balaban J connectivity index is 2.75. The van der Waals surface area contributed by atoms with Gasteiger partial charge < -0.3 is 5.41 Å². The molecule has 1 rings (SSSR count). The Morgan fingerprint density at radius 3 is 2.40 bits per heavy atom. The summed E-state index contributed by atoms with van der Waals surface area (Å²) in [7, 11) is 2.10. The van der Waals surface area contributed by atoms with Crippen molar-refractivity contribution < 1.29 is 0 Å². The predicted molar refractivity (Wildman–Crippen MR) is 43.7 cm³/mol. The molecule has 0 aromatic rings. The minimum absolute atomic E-state index is 0.0694. The fraction of sp³-hybridized carbons (Fsp3) is 0.875. The van der Waals surface area contributed by atoms with Gasteiger partial charge in [-0.1, -0.05) is 0 Å². The molecule has 0 aliphatic carbocycles. The minimum Gasteiger partial charge on any atom is -0.308 e. The van der Waals surface area contributed by atoms with Gasteiger partial charge in [0.2, 0.25) is 0 Å². The first kappa shape index (κ1) is 7.73. The molecule has 1 atom stereocenters. The molecule has 0 radical (unpaired) electrons. The van der Waals surface area contributed by atoms with Crippen molar-refractivity contribution in [3.05, 3.63) is 0 Å². The molecule has 1 N–H and O–H groups in total. The molecule has 0 aromatic carbocycles. The van der Waals surface area contributed by atoms with Gasteiger partial charge in [0.1, 0.15) is 0 Å². The molecule has 0 aromatic heterocycles. The van der Waals surface area contributed by atoms with Gasteiger partial charge in [0.05, 0.1) is 5.54 Å². The third kappa shape index (κ3) is 0.966. The van der Waals surface area contributed by atoms with E-state index >= 15 is 0 Å². The number of nitrogens with one attached hydrogen (secondary N) is 1. The first-order valence-electron chi connectivity index (χ1n) is 3.84. The summed E-state index contributed by atoms with van der Waals surface area (Å²) in [4.78, 5) is 2.27. The molecule has 1 heterocycles. The molecule has 0 bridgehead atoms. The summed E-state index contributed by atoms with van der Waals surface area (Å²) in [5, 5.41) is 7.58. The smallest absolute Gasteiger partial charge is 0.0553 e. The molecule has 0 spiro atoms. The highest BCUT2D eigenvalue weighted by Gasteiger charge is 2.35. The third-order valence-corrected chi connectivity index (χ3v) is 2.81. The largest absolute Gasteiger partial charge is 0.308 e. The SMILES string of the molecule is CC(=N)C1(C)CCCN1C. The van der Waals surface area contributed by atoms with Crippen molar-refractivity contribution >= 4 is 5.71 Å². The Bertz CT molecular complexity index is 153. The van der Waals surface area contributed by atoms with Crippen LogP contribution in [0.3, 0.4) is 0 Å². The Morgan fingerprint density at radius 2 is 2.20 bits per heavy atom. The standard InChI is InChI=1S/C8H16N2/c1-7(9)8(2)5-4-6-10(8)3/h9H,4-6H2,1-3H3. The maximum absolute atomic E-state index is 7.58. The zero-order chi connectivity index (χ0) is 7.78. The summed E-state index contributed by atoms with van der Waals surface area (Å²) < 4.78 is 0. The molecule has 58 valence electrons. The summed E-state index contributed by atoms with van der Waals surface area (Å²) in [5.41, 5.74) is 0.868. The molecule has 1 unspecified atom stereocenters. The van der Waals surface area contributed by atoms with Crippen LogP contribution in [-0.4, -0.2) is 29.7 Å². The van der Waals surface area contributed by atoms with Gasteiger partial charge in [-0.05, 0) is 40.3 Å². The first-order chi connectivity index (χ1) is 4.57. The van der Waals surface area contributed by atoms with Crippen LogP contribution in [-0.2, 0) is 0 Å². The van der Waals surface area contributed by atoms with Gasteiger partial charge in [0.25, 0.3) is 0 Å². The van der Waals surface area contributed by atoms with Crippen LogP contribution in [0.15, 0.2) is 0 Å². The molecule has 1 aliphatic heterocycles. The predicted octanol–water partition coefficient (Wildman–Crippen LogP) is 1.51. The molecule has 2 heteroatoms. The van der Waals surface area contributed by atoms with Crippen LogP contribution in [0.25, 0.3) is 0 Å². The van der Waals surface area contributed by atoms with Gasteiger partial charge in [0, 0.05) is 5.71 Å². The van der Waals surface area contributed by atoms with Gasteiger partial charge in [-0.3, -0.25) is 4.90 Å². The van der Waals surface area contributed by atoms with Gasteiger partial charge in [-0.15, -0.1) is 0 Å². The van der Waals surface area contributed by atoms with Crippen molar-refractivity contribution in [3.8, 4) is 0 Å². The Kier molecular flexibility index (Phi) is 1.82. The van der Waals surface area contributed by atoms with Gasteiger partial charge >= 0.3 is 0 Å². The van der Waals surface area contributed by atoms with Crippen LogP contribution in [0.4, 0.5) is 0 Å². The molecule has 1 fully saturated rings. The molecular weight excluding hydrogens is 124 g/mol. The fourth-order valence-corrected chi connectivity index (χ4v) is 1.57. The first-order valence-corrected chi connectivity index (χ1v) is 3.84. The van der Waals surface area contributed by atoms with Gasteiger partial charge in [0.15, 0.2) is 0 Å². The molecular formula is C8H16N2. The number of nitrogens with zero attached hydrogens (tertiary/aromatic N) is 1. The van der Waals surface area contributed by atoms with E-state index in [-0.39, 0.29) is 5.54 Å². The van der Waals surface area contributed by atoms with Crippen LogP contribution >= 0.6 is 0 Å². The van der Waals surface area contributed by atoms with Gasteiger partial charge in [-0.25, -0.2) is 0 Å². The lowest BCUT2D eigenvalue weighted by Crippen LogP contribution is -2.43. The van der Waals surface area contributed by atoms with E-state index in [1.165, 1.54) is 6.42 Å². The topological polar surface area (TPSA) is 27.1 Å². The van der Waals surface area contributed by atoms with Crippen LogP contribution in [0.2, 0.25) is 0 Å². The molecule has 0 saturated carbocycles. The van der Waals surface area contributed by atoms with Crippen molar-refractivity contribution in [2.45, 2.75) is 32.2 Å². The highest BCUT2D eigenvalue weighted by atomic mass is 15.2. The normalized spacial score (nSPS) is 34.7. The fourth-order valence-electron chi connectivity index (χ4n) is 1.57. The molecule has 0 amide bonds. The van der Waals surface area contributed by atoms with E-state index in [9.17, 15) is 0 Å². The second kappa shape index (κ2) is 2.35. The van der Waals surface area contributed by atoms with E-state index in [4.69, 9.17) is 5.41 Å². The summed E-state index contributed by atoms with van der Waals surface area (Å²) in [6.45, 7) is 5.21. The molecule has 1 saturated heterocycles. The van der Waals surface area contributed by atoms with E-state index in [0.29, 0.717) is 0 Å². The van der Waals surface area contributed by atoms with Crippen molar-refractivity contribution in [2.24, 2.45) is 0 Å². The average Bonchev–Trinajstić information content (AvgIpc) is 2.15. The Morgan fingerprint density at radius 1 is 1.60 bits per heavy atom. The second-order valence-corrected chi connectivity index (χ2v) is 3.42. The summed E-state index contributed by atoms with van der Waals surface area (Å²) in [5.74, 6) is 0. The Hall–Kier alpha value is -0.370. The lowest BCUT2D eigenvalue weighted by atomic mass is 9.94. The maximum Gasteiger partial charge on any atom is 0.0553 e. The highest BCUT2D eigenvalue weighted by molar-refractivity contribution is 5.88. The van der Waals surface area contributed by atoms with Crippen molar-refractivity contribution in [1.82, 2.24) is 4.90 Å². The van der Waals surface area contributed by atoms with Crippen LogP contribution in [0, 0.1) is 5.41 Å². The lowest BCUT2D eigenvalue weighted by molar-refractivity contribution is 0.270. The number of likely N-dealkylation sites (tertiary alicyclic amines) is 1. The molecule has 2 nitrogen and oxygen atoms in total. The number of rotatable bonds is 1. The van der Waals surface area contributed by atoms with Crippen LogP contribution in [0.5, 0.6) is 0 Å². The van der Waals surface area contributed by atoms with E-state index in [0.717, 1.165) is 18.7 Å². The van der Waals surface area contributed by atoms with E-state index < -0.39 is 0 Å². The second-order valence-electron chi connectivity index (χ2n) is 3.42. The summed E-state index contributed by atoms with van der Waals surface area (Å²) in [6.07, 6.45) is 2.39. The van der Waals surface area contributed by atoms with Crippen LogP contribution in [0.1, 0.15) is 26.7 Å². The average molecular weight is 140 g/mol. The van der Waals surface area contributed by atoms with E-state index in [1.54, 1.807) is 0 Å². The minimum atomic E-state index is 0.0694. The highest BCUT2D eigenvalue weighted by Crippen LogP contribution is 2.27. The van der Waals surface area contributed by atoms with Crippen molar-refractivity contribution in [2.75, 3.05) is 13.6 Å². The Labute approximate surface area is 62.7 Å². The maximum atomic E-state index is 7.58. The zero-order valence-corrected chi connectivity index (χ0v) is 7.07. The van der Waals surface area contributed by atoms with Gasteiger partial charge in [-0.2, -0.15) is 0 Å². The molecule has 10 heavy (non-hydrogen) atoms. The quantitative estimate of drug-likeness (QED) is 0.549. The van der Waals surface area contributed by atoms with Crippen LogP contribution < -0.4 is 0 Å². The third-order valence-electron chi connectivity index (χ3n) is 2.81. The summed E-state index contributed by atoms with van der Waals surface area (Å²) >= 11 is 0. The number of hydrogen-bond donors (Lipinski definition) is 1. The number of hydrogen-bond acceptors (Lipinski definition) is 2. The monoisotopic (exact) mass is 140 g/mol. The van der Waals surface area contributed by atoms with E-state index in [2.05, 4.69) is 18.9 Å². The lowest BCUT2D eigenvalue weighted by Gasteiger charge is -2.31. The zero-order valence-electron chi connectivity index (χ0n) is 7.07. The summed E-state index contributed by atoms with van der Waals surface area (Å²) in [6, 6.07) is 0. The van der Waals surface area contributed by atoms with Crippen molar-refractivity contribution in [1.29, 1.82) is 5.41 Å². The van der Waals surface area contributed by atoms with Crippen molar-refractivity contribution in [3.63, 3.8) is 0 Å². The molecule has 1 aliphatic rings. The van der Waals surface area contributed by atoms with E-state index in [1.807, 2.05) is 6.92 Å².